The van der Waals surface area contributed by atoms with Crippen LogP contribution in [-0.2, 0) is 25.6 Å². The van der Waals surface area contributed by atoms with Gasteiger partial charge in [0.1, 0.15) is 23.8 Å². The van der Waals surface area contributed by atoms with E-state index in [1.165, 1.54) is 19.0 Å². The molecule has 3 amide bonds. The number of hydrogen-bond acceptors (Lipinski definition) is 6. The van der Waals surface area contributed by atoms with Crippen LogP contribution in [0.1, 0.15) is 50.2 Å². The summed E-state index contributed by atoms with van der Waals surface area (Å²) in [6, 6.07) is 4.39. The van der Waals surface area contributed by atoms with Gasteiger partial charge in [-0.2, -0.15) is 0 Å². The number of aliphatic carboxylic acids is 1. The summed E-state index contributed by atoms with van der Waals surface area (Å²) in [5, 5.41) is 22.2. The van der Waals surface area contributed by atoms with Crippen LogP contribution < -0.4 is 27.8 Å². The van der Waals surface area contributed by atoms with Crippen LogP contribution in [-0.4, -0.2) is 78.2 Å². The van der Waals surface area contributed by atoms with Crippen molar-refractivity contribution in [2.75, 3.05) is 20.6 Å². The highest BCUT2D eigenvalue weighted by Gasteiger charge is 2.32. The van der Waals surface area contributed by atoms with Gasteiger partial charge in [0.15, 0.2) is 5.96 Å². The highest BCUT2D eigenvalue weighted by Crippen LogP contribution is 2.14. The molecule has 210 valence electrons. The lowest BCUT2D eigenvalue weighted by molar-refractivity contribution is -0.143. The van der Waals surface area contributed by atoms with Gasteiger partial charge in [0.25, 0.3) is 0 Å². The number of nitrogen functional groups attached to an aromatic ring is 1. The number of aliphatic imine (C=N–C) groups is 1. The normalized spacial score (nSPS) is 12.9. The Morgan fingerprint density at radius 3 is 2.05 bits per heavy atom. The first-order chi connectivity index (χ1) is 17.9. The van der Waals surface area contributed by atoms with Gasteiger partial charge < -0.3 is 37.8 Å². The number of nitrogens with two attached hydrogens (primary N) is 3. The van der Waals surface area contributed by atoms with Gasteiger partial charge in [-0.1, -0.05) is 44.0 Å². The minimum Gasteiger partial charge on any atom is -0.480 e. The minimum absolute atomic E-state index is 0.0612. The Morgan fingerprint density at radius 1 is 0.974 bits per heavy atom. The van der Waals surface area contributed by atoms with E-state index in [-0.39, 0.29) is 37.6 Å². The Kier molecular flexibility index (Phi) is 13.3. The molecule has 0 spiro atoms. The highest BCUT2D eigenvalue weighted by molar-refractivity contribution is 6.02. The maximum atomic E-state index is 13.3. The molecule has 10 N–H and O–H groups in total. The third kappa shape index (κ3) is 10.8. The number of amides is 3. The van der Waals surface area contributed by atoms with E-state index in [9.17, 15) is 24.3 Å². The number of carbonyl (C=O) groups is 4. The number of rotatable bonds is 16. The van der Waals surface area contributed by atoms with Crippen molar-refractivity contribution in [2.24, 2.45) is 28.1 Å². The average molecular weight is 533 g/mol. The fraction of sp³-hybridized carbons (Fsp3) is 0.520. The highest BCUT2D eigenvalue weighted by atomic mass is 16.4. The molecule has 0 saturated carbocycles. The quantitative estimate of drug-likeness (QED) is 0.0634. The van der Waals surface area contributed by atoms with Crippen molar-refractivity contribution in [1.29, 1.82) is 5.41 Å². The summed E-state index contributed by atoms with van der Waals surface area (Å²) in [6.45, 7) is 2.13. The van der Waals surface area contributed by atoms with Crippen LogP contribution in [0.25, 0.3) is 0 Å². The van der Waals surface area contributed by atoms with Gasteiger partial charge in [-0.3, -0.25) is 24.8 Å². The van der Waals surface area contributed by atoms with Crippen molar-refractivity contribution in [3.8, 4) is 0 Å². The number of unbranched alkanes of at least 4 members (excludes halogenated alkanes) is 1. The van der Waals surface area contributed by atoms with E-state index in [1.807, 2.05) is 6.92 Å². The number of nitrogens with zero attached hydrogens (tertiary/aromatic N) is 2. The fourth-order valence-electron chi connectivity index (χ4n) is 3.64. The zero-order valence-corrected chi connectivity index (χ0v) is 22.2. The van der Waals surface area contributed by atoms with Gasteiger partial charge in [0.2, 0.25) is 17.7 Å². The molecule has 0 radical (unpaired) electrons. The van der Waals surface area contributed by atoms with Gasteiger partial charge in [-0.15, -0.1) is 0 Å². The number of benzene rings is 1. The molecule has 13 heteroatoms. The lowest BCUT2D eigenvalue weighted by Gasteiger charge is -2.25. The molecule has 0 heterocycles. The predicted molar refractivity (Wildman–Crippen MR) is 144 cm³/mol. The molecule has 1 rings (SSSR count). The van der Waals surface area contributed by atoms with Gasteiger partial charge >= 0.3 is 5.97 Å². The van der Waals surface area contributed by atoms with Crippen molar-refractivity contribution in [2.45, 2.75) is 57.5 Å². The molecular weight excluding hydrogens is 492 g/mol. The third-order valence-electron chi connectivity index (χ3n) is 5.80. The Labute approximate surface area is 222 Å². The Bertz CT molecular complexity index is 1010. The summed E-state index contributed by atoms with van der Waals surface area (Å²) < 4.78 is 0. The summed E-state index contributed by atoms with van der Waals surface area (Å²) in [5.41, 5.74) is 17.2. The summed E-state index contributed by atoms with van der Waals surface area (Å²) in [7, 11) is 3.06. The van der Waals surface area contributed by atoms with Crippen LogP contribution in [0.2, 0.25) is 0 Å². The standard InChI is InChI=1S/C25H40N8O5/c1-4-5-7-18(22(35)32-19(24(37)38)8-6-13-30-25(28)29)31-21(34)17(23(36)33(2)3)14-15-9-11-16(12-10-15)20(26)27/h9-12,17-19H,4-8,13-14H2,1-3H3,(H3,26,27)(H,31,34)(H,32,35)(H,37,38)(H4,28,29,30)/t17?,18-,19-/m0/s1. The number of amidine groups is 1. The number of carbonyl (C=O) groups excluding carboxylic acids is 3. The summed E-state index contributed by atoms with van der Waals surface area (Å²) in [6.07, 6.45) is 2.08. The van der Waals surface area contributed by atoms with E-state index in [0.717, 1.165) is 6.42 Å². The molecule has 13 nitrogen and oxygen atoms in total. The van der Waals surface area contributed by atoms with Gasteiger partial charge in [-0.05, 0) is 31.2 Å². The van der Waals surface area contributed by atoms with Crippen LogP contribution >= 0.6 is 0 Å². The maximum absolute atomic E-state index is 13.3. The number of hydrogen-bond donors (Lipinski definition) is 7. The Morgan fingerprint density at radius 2 is 1.55 bits per heavy atom. The van der Waals surface area contributed by atoms with Crippen molar-refractivity contribution in [3.05, 3.63) is 35.4 Å². The first-order valence-electron chi connectivity index (χ1n) is 12.4. The lowest BCUT2D eigenvalue weighted by atomic mass is 9.95. The Balaban J connectivity index is 3.05. The van der Waals surface area contributed by atoms with Crippen molar-refractivity contribution in [3.63, 3.8) is 0 Å². The number of nitrogens with one attached hydrogen (secondary N) is 3. The zero-order chi connectivity index (χ0) is 28.8. The molecule has 0 aromatic heterocycles. The van der Waals surface area contributed by atoms with Gasteiger partial charge in [0.05, 0.1) is 0 Å². The minimum atomic E-state index is -1.22. The van der Waals surface area contributed by atoms with E-state index in [0.29, 0.717) is 24.0 Å². The van der Waals surface area contributed by atoms with Gasteiger partial charge in [0, 0.05) is 26.2 Å². The SMILES string of the molecule is CCCC[C@H](NC(=O)C(Cc1ccc(C(=N)N)cc1)C(=O)N(C)C)C(=O)N[C@@H](CCCN=C(N)N)C(=O)O. The molecule has 0 aliphatic heterocycles. The molecule has 0 aliphatic rings. The smallest absolute Gasteiger partial charge is 0.326 e. The second kappa shape index (κ2) is 15.8. The topological polar surface area (TPSA) is 230 Å². The molecule has 0 fully saturated rings. The molecule has 0 bridgehead atoms. The lowest BCUT2D eigenvalue weighted by Crippen LogP contribution is -2.54. The van der Waals surface area contributed by atoms with E-state index in [4.69, 9.17) is 22.6 Å². The van der Waals surface area contributed by atoms with E-state index in [2.05, 4.69) is 15.6 Å². The predicted octanol–water partition coefficient (Wildman–Crippen LogP) is -0.484. The second-order valence-electron chi connectivity index (χ2n) is 9.15. The van der Waals surface area contributed by atoms with Crippen molar-refractivity contribution >= 4 is 35.5 Å². The number of carboxylic acids is 1. The van der Waals surface area contributed by atoms with Crippen molar-refractivity contribution < 1.29 is 24.3 Å². The van der Waals surface area contributed by atoms with Crippen LogP contribution in [0.15, 0.2) is 29.3 Å². The summed E-state index contributed by atoms with van der Waals surface area (Å²) in [4.78, 5) is 56.0. The van der Waals surface area contributed by atoms with Crippen LogP contribution in [0, 0.1) is 11.3 Å². The van der Waals surface area contributed by atoms with E-state index in [1.54, 1.807) is 24.3 Å². The molecule has 0 aliphatic carbocycles. The first kappa shape index (κ1) is 31.9. The molecule has 1 unspecified atom stereocenters. The maximum Gasteiger partial charge on any atom is 0.326 e. The average Bonchev–Trinajstić information content (AvgIpc) is 2.85. The van der Waals surface area contributed by atoms with Gasteiger partial charge in [-0.25, -0.2) is 4.79 Å². The van der Waals surface area contributed by atoms with E-state index >= 15 is 0 Å². The summed E-state index contributed by atoms with van der Waals surface area (Å²) >= 11 is 0. The zero-order valence-electron chi connectivity index (χ0n) is 22.2. The van der Waals surface area contributed by atoms with Crippen LogP contribution in [0.5, 0.6) is 0 Å². The van der Waals surface area contributed by atoms with E-state index < -0.39 is 41.7 Å². The number of guanidine groups is 1. The monoisotopic (exact) mass is 532 g/mol. The fourth-order valence-corrected chi connectivity index (χ4v) is 3.64. The molecule has 0 saturated heterocycles. The van der Waals surface area contributed by atoms with Crippen LogP contribution in [0.3, 0.4) is 0 Å². The molecule has 3 atom stereocenters. The largest absolute Gasteiger partial charge is 0.480 e. The Hall–Kier alpha value is -4.16. The summed E-state index contributed by atoms with van der Waals surface area (Å²) in [5.74, 6) is -4.30. The molecule has 38 heavy (non-hydrogen) atoms. The molecule has 1 aromatic carbocycles. The second-order valence-corrected chi connectivity index (χ2v) is 9.15. The molecule has 1 aromatic rings. The number of carboxylic acid groups (broad SMARTS) is 1. The van der Waals surface area contributed by atoms with Crippen LogP contribution in [0.4, 0.5) is 0 Å². The molecular formula is C25H40N8O5. The third-order valence-corrected chi connectivity index (χ3v) is 5.80. The first-order valence-corrected chi connectivity index (χ1v) is 12.4. The van der Waals surface area contributed by atoms with Crippen molar-refractivity contribution in [1.82, 2.24) is 15.5 Å².